The van der Waals surface area contributed by atoms with Gasteiger partial charge in [-0.25, -0.2) is 9.18 Å². The second-order valence-corrected chi connectivity index (χ2v) is 6.83. The predicted molar refractivity (Wildman–Crippen MR) is 91.7 cm³/mol. The molecule has 2 saturated heterocycles. The Morgan fingerprint density at radius 1 is 1.31 bits per heavy atom. The van der Waals surface area contributed by atoms with E-state index in [0.29, 0.717) is 32.5 Å². The molecule has 1 unspecified atom stereocenters. The number of carbonyl (C=O) groups is 3. The fraction of sp³-hybridized carbons (Fsp3) is 0.500. The van der Waals surface area contributed by atoms with Crippen molar-refractivity contribution < 1.29 is 23.9 Å². The van der Waals surface area contributed by atoms with E-state index >= 15 is 0 Å². The number of alkyl halides is 1. The fourth-order valence-electron chi connectivity index (χ4n) is 3.42. The maximum absolute atomic E-state index is 13.2. The van der Waals surface area contributed by atoms with Gasteiger partial charge in [-0.15, -0.1) is 0 Å². The van der Waals surface area contributed by atoms with Gasteiger partial charge in [-0.2, -0.15) is 0 Å². The Morgan fingerprint density at radius 3 is 2.77 bits per heavy atom. The van der Waals surface area contributed by atoms with Crippen LogP contribution in [0.1, 0.15) is 33.6 Å². The molecule has 26 heavy (non-hydrogen) atoms. The van der Waals surface area contributed by atoms with Crippen LogP contribution in [0, 0.1) is 5.92 Å². The summed E-state index contributed by atoms with van der Waals surface area (Å²) in [7, 11) is 0. The summed E-state index contributed by atoms with van der Waals surface area (Å²) in [5.74, 6) is -1.41. The van der Waals surface area contributed by atoms with Crippen LogP contribution in [0.5, 0.6) is 0 Å². The smallest absolute Gasteiger partial charge is 0.335 e. The van der Waals surface area contributed by atoms with Gasteiger partial charge in [0.15, 0.2) is 0 Å². The Morgan fingerprint density at radius 2 is 2.08 bits per heavy atom. The van der Waals surface area contributed by atoms with E-state index in [9.17, 15) is 18.8 Å². The molecule has 3 rings (SSSR count). The Bertz CT molecular complexity index is 711. The minimum absolute atomic E-state index is 0.0580. The number of hydrogen-bond acceptors (Lipinski definition) is 4. The van der Waals surface area contributed by atoms with E-state index < -0.39 is 12.1 Å². The Labute approximate surface area is 150 Å². The number of nitrogens with zero attached hydrogens (tertiary/aromatic N) is 1. The number of nitrogens with one attached hydrogen (secondary N) is 2. The second-order valence-electron chi connectivity index (χ2n) is 6.83. The summed E-state index contributed by atoms with van der Waals surface area (Å²) in [4.78, 5) is 37.1. The molecule has 1 aromatic rings. The van der Waals surface area contributed by atoms with Gasteiger partial charge in [0, 0.05) is 25.2 Å². The van der Waals surface area contributed by atoms with Crippen molar-refractivity contribution in [2.45, 2.75) is 25.1 Å². The zero-order valence-corrected chi connectivity index (χ0v) is 14.3. The van der Waals surface area contributed by atoms with E-state index in [1.807, 2.05) is 0 Å². The standard InChI is InChI=1S/C18H22FN3O4/c19-14-4-5-22(10-14)17(24)15-6-11(8-20-15)9-21-16(23)12-2-1-3-13(7-12)18(25)26/h1-3,7,11,14-15,20H,4-6,8-10H2,(H,21,23)(H,25,26)/t11-,14?,15-/m0/s1. The van der Waals surface area contributed by atoms with Crippen LogP contribution in [0.25, 0.3) is 0 Å². The Hall–Kier alpha value is -2.48. The molecule has 0 radical (unpaired) electrons. The molecule has 2 aliphatic rings. The number of aromatic carboxylic acids is 1. The number of likely N-dealkylation sites (tertiary alicyclic amines) is 1. The first-order valence-electron chi connectivity index (χ1n) is 8.72. The zero-order valence-electron chi connectivity index (χ0n) is 14.3. The van der Waals surface area contributed by atoms with Crippen LogP contribution < -0.4 is 10.6 Å². The highest BCUT2D eigenvalue weighted by atomic mass is 19.1. The van der Waals surface area contributed by atoms with Crippen molar-refractivity contribution in [1.29, 1.82) is 0 Å². The number of hydrogen-bond donors (Lipinski definition) is 3. The summed E-state index contributed by atoms with van der Waals surface area (Å²) in [5.41, 5.74) is 0.345. The molecule has 2 fully saturated rings. The third kappa shape index (κ3) is 4.19. The molecule has 0 bridgehead atoms. The SMILES string of the molecule is O=C(O)c1cccc(C(=O)NC[C@@H]2CN[C@H](C(=O)N3CCC(F)C3)C2)c1. The number of carboxylic acid groups (broad SMARTS) is 1. The van der Waals surface area contributed by atoms with Crippen molar-refractivity contribution in [1.82, 2.24) is 15.5 Å². The number of amides is 2. The number of halogens is 1. The molecule has 3 atom stereocenters. The first-order valence-corrected chi connectivity index (χ1v) is 8.72. The zero-order chi connectivity index (χ0) is 18.7. The molecule has 1 aromatic carbocycles. The third-order valence-electron chi connectivity index (χ3n) is 4.89. The molecule has 140 valence electrons. The van der Waals surface area contributed by atoms with Crippen LogP contribution in [0.15, 0.2) is 24.3 Å². The Kier molecular flexibility index (Phi) is 5.51. The van der Waals surface area contributed by atoms with E-state index in [0.717, 1.165) is 0 Å². The second kappa shape index (κ2) is 7.82. The molecule has 2 amide bonds. The summed E-state index contributed by atoms with van der Waals surface area (Å²) in [6, 6.07) is 5.51. The molecule has 2 aliphatic heterocycles. The Balaban J connectivity index is 1.48. The molecular weight excluding hydrogens is 341 g/mol. The van der Waals surface area contributed by atoms with Crippen LogP contribution in [0.2, 0.25) is 0 Å². The quantitative estimate of drug-likeness (QED) is 0.714. The van der Waals surface area contributed by atoms with Gasteiger partial charge < -0.3 is 20.6 Å². The number of benzene rings is 1. The highest BCUT2D eigenvalue weighted by Gasteiger charge is 2.35. The van der Waals surface area contributed by atoms with Crippen LogP contribution in [0.4, 0.5) is 4.39 Å². The lowest BCUT2D eigenvalue weighted by Crippen LogP contribution is -2.42. The monoisotopic (exact) mass is 363 g/mol. The van der Waals surface area contributed by atoms with E-state index in [1.54, 1.807) is 11.0 Å². The van der Waals surface area contributed by atoms with Crippen LogP contribution in [-0.4, -0.2) is 66.2 Å². The average molecular weight is 363 g/mol. The molecule has 0 aliphatic carbocycles. The van der Waals surface area contributed by atoms with Gasteiger partial charge in [0.2, 0.25) is 5.91 Å². The number of rotatable bonds is 5. The van der Waals surface area contributed by atoms with Gasteiger partial charge in [0.1, 0.15) is 6.17 Å². The van der Waals surface area contributed by atoms with Gasteiger partial charge in [-0.05, 0) is 37.0 Å². The highest BCUT2D eigenvalue weighted by Crippen LogP contribution is 2.19. The van der Waals surface area contributed by atoms with E-state index in [4.69, 9.17) is 5.11 Å². The van der Waals surface area contributed by atoms with Crippen molar-refractivity contribution >= 4 is 17.8 Å². The first-order chi connectivity index (χ1) is 12.4. The lowest BCUT2D eigenvalue weighted by atomic mass is 10.0. The van der Waals surface area contributed by atoms with Gasteiger partial charge in [-0.1, -0.05) is 6.07 Å². The molecule has 7 nitrogen and oxygen atoms in total. The van der Waals surface area contributed by atoms with Gasteiger partial charge in [0.25, 0.3) is 5.91 Å². The van der Waals surface area contributed by atoms with Crippen LogP contribution in [-0.2, 0) is 4.79 Å². The fourth-order valence-corrected chi connectivity index (χ4v) is 3.42. The van der Waals surface area contributed by atoms with Crippen LogP contribution >= 0.6 is 0 Å². The lowest BCUT2D eigenvalue weighted by Gasteiger charge is -2.20. The molecule has 8 heteroatoms. The van der Waals surface area contributed by atoms with E-state index in [2.05, 4.69) is 10.6 Å². The van der Waals surface area contributed by atoms with Gasteiger partial charge in [-0.3, -0.25) is 9.59 Å². The van der Waals surface area contributed by atoms with Gasteiger partial charge in [0.05, 0.1) is 18.2 Å². The predicted octanol–water partition coefficient (Wildman–Crippen LogP) is 0.663. The van der Waals surface area contributed by atoms with Crippen LogP contribution in [0.3, 0.4) is 0 Å². The van der Waals surface area contributed by atoms with Crippen molar-refractivity contribution in [3.8, 4) is 0 Å². The third-order valence-corrected chi connectivity index (χ3v) is 4.89. The number of carboxylic acids is 1. The summed E-state index contributed by atoms with van der Waals surface area (Å²) >= 11 is 0. The maximum Gasteiger partial charge on any atom is 0.335 e. The normalized spacial score (nSPS) is 25.3. The number of carbonyl (C=O) groups excluding carboxylic acids is 2. The summed E-state index contributed by atoms with van der Waals surface area (Å²) in [6.45, 7) is 1.61. The van der Waals surface area contributed by atoms with Crippen molar-refractivity contribution in [3.05, 3.63) is 35.4 Å². The molecule has 0 spiro atoms. The van der Waals surface area contributed by atoms with Crippen molar-refractivity contribution in [3.63, 3.8) is 0 Å². The maximum atomic E-state index is 13.2. The minimum Gasteiger partial charge on any atom is -0.478 e. The van der Waals surface area contributed by atoms with Gasteiger partial charge >= 0.3 is 5.97 Å². The van der Waals surface area contributed by atoms with E-state index in [-0.39, 0.29) is 41.4 Å². The highest BCUT2D eigenvalue weighted by molar-refractivity contribution is 5.97. The first kappa shape index (κ1) is 18.3. The average Bonchev–Trinajstić information content (AvgIpc) is 3.28. The molecule has 0 aromatic heterocycles. The topological polar surface area (TPSA) is 98.7 Å². The summed E-state index contributed by atoms with van der Waals surface area (Å²) in [5, 5.41) is 14.9. The summed E-state index contributed by atoms with van der Waals surface area (Å²) < 4.78 is 13.2. The summed E-state index contributed by atoms with van der Waals surface area (Å²) in [6.07, 6.45) is 0.0479. The van der Waals surface area contributed by atoms with Crippen molar-refractivity contribution in [2.24, 2.45) is 5.92 Å². The van der Waals surface area contributed by atoms with Crippen molar-refractivity contribution in [2.75, 3.05) is 26.2 Å². The minimum atomic E-state index is -1.08. The molecule has 0 saturated carbocycles. The molecule has 3 N–H and O–H groups in total. The molecule has 2 heterocycles. The largest absolute Gasteiger partial charge is 0.478 e. The lowest BCUT2D eigenvalue weighted by molar-refractivity contribution is -0.132. The van der Waals surface area contributed by atoms with E-state index in [1.165, 1.54) is 18.2 Å². The molecular formula is C18H22FN3O4.